The summed E-state index contributed by atoms with van der Waals surface area (Å²) in [6.45, 7) is 12.4. The van der Waals surface area contributed by atoms with Crippen LogP contribution in [0.1, 0.15) is 32.8 Å². The molecule has 4 nitrogen and oxygen atoms in total. The Labute approximate surface area is 140 Å². The molecule has 0 radical (unpaired) electrons. The van der Waals surface area contributed by atoms with Crippen molar-refractivity contribution in [1.82, 2.24) is 4.90 Å². The number of hydrogen-bond acceptors (Lipinski definition) is 4. The Hall–Kier alpha value is -1.26. The van der Waals surface area contributed by atoms with Crippen LogP contribution in [0.25, 0.3) is 0 Å². The lowest BCUT2D eigenvalue weighted by Gasteiger charge is -2.39. The first-order chi connectivity index (χ1) is 11.2. The Morgan fingerprint density at radius 3 is 2.74 bits per heavy atom. The first-order valence-corrected chi connectivity index (χ1v) is 9.03. The van der Waals surface area contributed by atoms with Crippen LogP contribution in [0.3, 0.4) is 0 Å². The molecule has 1 saturated heterocycles. The maximum absolute atomic E-state index is 6.15. The number of ether oxygens (including phenoxy) is 2. The number of fused-ring (bicyclic) bond motifs is 1. The summed E-state index contributed by atoms with van der Waals surface area (Å²) in [5.74, 6) is 1.07. The van der Waals surface area contributed by atoms with Gasteiger partial charge in [-0.15, -0.1) is 0 Å². The van der Waals surface area contributed by atoms with E-state index in [1.165, 1.54) is 17.7 Å². The van der Waals surface area contributed by atoms with E-state index < -0.39 is 0 Å². The Balaban J connectivity index is 1.83. The number of anilines is 1. The fraction of sp³-hybridized carbons (Fsp3) is 0.684. The third kappa shape index (κ3) is 3.64. The van der Waals surface area contributed by atoms with Gasteiger partial charge in [0.1, 0.15) is 12.4 Å². The zero-order valence-electron chi connectivity index (χ0n) is 14.8. The van der Waals surface area contributed by atoms with E-state index in [2.05, 4.69) is 48.8 Å². The van der Waals surface area contributed by atoms with Crippen molar-refractivity contribution in [3.63, 3.8) is 0 Å². The fourth-order valence-electron chi connectivity index (χ4n) is 3.81. The molecule has 1 aromatic rings. The topological polar surface area (TPSA) is 24.9 Å². The molecule has 3 rings (SSSR count). The molecular weight excluding hydrogens is 288 g/mol. The maximum Gasteiger partial charge on any atom is 0.124 e. The van der Waals surface area contributed by atoms with E-state index >= 15 is 0 Å². The van der Waals surface area contributed by atoms with Gasteiger partial charge in [0.2, 0.25) is 0 Å². The molecule has 0 N–H and O–H groups in total. The smallest absolute Gasteiger partial charge is 0.124 e. The number of rotatable bonds is 5. The van der Waals surface area contributed by atoms with Crippen LogP contribution in [0.4, 0.5) is 5.69 Å². The highest BCUT2D eigenvalue weighted by Gasteiger charge is 2.29. The van der Waals surface area contributed by atoms with Gasteiger partial charge in [-0.05, 0) is 45.4 Å². The second-order valence-electron chi connectivity index (χ2n) is 6.85. The van der Waals surface area contributed by atoms with Gasteiger partial charge in [-0.25, -0.2) is 0 Å². The standard InChI is InChI=1S/C19H30N2O2/c1-4-8-21(15(2)3)16-13-17-18(20-9-11-22-12-10-20)6-5-7-19(17)23-14-16/h5-7,15-16H,4,8-14H2,1-3H3. The molecule has 0 saturated carbocycles. The van der Waals surface area contributed by atoms with Crippen molar-refractivity contribution >= 4 is 5.69 Å². The minimum atomic E-state index is 0.477. The first-order valence-electron chi connectivity index (χ1n) is 9.03. The third-order valence-corrected chi connectivity index (χ3v) is 4.95. The van der Waals surface area contributed by atoms with Gasteiger partial charge in [0.25, 0.3) is 0 Å². The number of morpholine rings is 1. The molecule has 4 heteroatoms. The average Bonchev–Trinajstić information content (AvgIpc) is 2.59. The van der Waals surface area contributed by atoms with E-state index in [0.29, 0.717) is 12.1 Å². The molecule has 1 aromatic carbocycles. The van der Waals surface area contributed by atoms with Crippen LogP contribution in [0.5, 0.6) is 5.75 Å². The quantitative estimate of drug-likeness (QED) is 0.833. The van der Waals surface area contributed by atoms with Gasteiger partial charge in [-0.2, -0.15) is 0 Å². The summed E-state index contributed by atoms with van der Waals surface area (Å²) in [4.78, 5) is 5.05. The monoisotopic (exact) mass is 318 g/mol. The Bertz CT molecular complexity index is 512. The van der Waals surface area contributed by atoms with Crippen molar-refractivity contribution in [2.75, 3.05) is 44.4 Å². The van der Waals surface area contributed by atoms with Crippen LogP contribution in [0, 0.1) is 0 Å². The van der Waals surface area contributed by atoms with Crippen LogP contribution in [0.2, 0.25) is 0 Å². The van der Waals surface area contributed by atoms with Crippen LogP contribution in [0.15, 0.2) is 18.2 Å². The Morgan fingerprint density at radius 2 is 2.04 bits per heavy atom. The van der Waals surface area contributed by atoms with Gasteiger partial charge in [-0.3, -0.25) is 4.90 Å². The van der Waals surface area contributed by atoms with Crippen LogP contribution in [-0.2, 0) is 11.2 Å². The zero-order chi connectivity index (χ0) is 16.2. The van der Waals surface area contributed by atoms with Crippen molar-refractivity contribution in [1.29, 1.82) is 0 Å². The molecule has 1 atom stereocenters. The molecule has 0 spiro atoms. The summed E-state index contributed by atoms with van der Waals surface area (Å²) in [5.41, 5.74) is 2.73. The van der Waals surface area contributed by atoms with Gasteiger partial charge in [0.05, 0.1) is 13.2 Å². The minimum Gasteiger partial charge on any atom is -0.492 e. The molecule has 2 heterocycles. The lowest BCUT2D eigenvalue weighted by Crippen LogP contribution is -2.47. The Kier molecular flexibility index (Phi) is 5.44. The molecule has 2 aliphatic rings. The second kappa shape index (κ2) is 7.54. The van der Waals surface area contributed by atoms with E-state index in [1.54, 1.807) is 0 Å². The van der Waals surface area contributed by atoms with Crippen molar-refractivity contribution in [2.24, 2.45) is 0 Å². The maximum atomic E-state index is 6.15. The first kappa shape index (κ1) is 16.6. The highest BCUT2D eigenvalue weighted by atomic mass is 16.5. The van der Waals surface area contributed by atoms with Crippen molar-refractivity contribution in [3.05, 3.63) is 23.8 Å². The summed E-state index contributed by atoms with van der Waals surface area (Å²) in [7, 11) is 0. The second-order valence-corrected chi connectivity index (χ2v) is 6.85. The minimum absolute atomic E-state index is 0.477. The van der Waals surface area contributed by atoms with Crippen LogP contribution >= 0.6 is 0 Å². The molecule has 0 amide bonds. The largest absolute Gasteiger partial charge is 0.492 e. The van der Waals surface area contributed by atoms with Crippen LogP contribution in [-0.4, -0.2) is 56.4 Å². The molecule has 1 fully saturated rings. The van der Waals surface area contributed by atoms with Gasteiger partial charge in [0.15, 0.2) is 0 Å². The lowest BCUT2D eigenvalue weighted by atomic mass is 9.97. The molecule has 23 heavy (non-hydrogen) atoms. The predicted molar refractivity (Wildman–Crippen MR) is 94.6 cm³/mol. The highest BCUT2D eigenvalue weighted by molar-refractivity contribution is 5.60. The number of benzene rings is 1. The van der Waals surface area contributed by atoms with E-state index in [4.69, 9.17) is 9.47 Å². The summed E-state index contributed by atoms with van der Waals surface area (Å²) in [6.07, 6.45) is 2.27. The highest BCUT2D eigenvalue weighted by Crippen LogP contribution is 2.35. The van der Waals surface area contributed by atoms with Crippen molar-refractivity contribution in [2.45, 2.75) is 45.7 Å². The molecular formula is C19H30N2O2. The number of nitrogens with zero attached hydrogens (tertiary/aromatic N) is 2. The molecule has 1 unspecified atom stereocenters. The summed E-state index contributed by atoms with van der Waals surface area (Å²) in [5, 5.41) is 0. The summed E-state index contributed by atoms with van der Waals surface area (Å²) in [6, 6.07) is 7.52. The lowest BCUT2D eigenvalue weighted by molar-refractivity contribution is 0.0922. The average molecular weight is 318 g/mol. The van der Waals surface area contributed by atoms with Gasteiger partial charge in [-0.1, -0.05) is 13.0 Å². The number of hydrogen-bond donors (Lipinski definition) is 0. The van der Waals surface area contributed by atoms with Gasteiger partial charge >= 0.3 is 0 Å². The van der Waals surface area contributed by atoms with Crippen LogP contribution < -0.4 is 9.64 Å². The van der Waals surface area contributed by atoms with E-state index in [0.717, 1.165) is 51.6 Å². The molecule has 0 aliphatic carbocycles. The molecule has 2 aliphatic heterocycles. The SMILES string of the molecule is CCCN(C(C)C)C1COc2cccc(N3CCOCC3)c2C1. The Morgan fingerprint density at radius 1 is 1.26 bits per heavy atom. The van der Waals surface area contributed by atoms with Crippen molar-refractivity contribution < 1.29 is 9.47 Å². The zero-order valence-corrected chi connectivity index (χ0v) is 14.8. The van der Waals surface area contributed by atoms with Gasteiger partial charge < -0.3 is 14.4 Å². The van der Waals surface area contributed by atoms with E-state index in [-0.39, 0.29) is 0 Å². The van der Waals surface area contributed by atoms with E-state index in [1.807, 2.05) is 0 Å². The predicted octanol–water partition coefficient (Wildman–Crippen LogP) is 2.95. The molecule has 0 bridgehead atoms. The molecule has 128 valence electrons. The fourth-order valence-corrected chi connectivity index (χ4v) is 3.81. The van der Waals surface area contributed by atoms with E-state index in [9.17, 15) is 0 Å². The third-order valence-electron chi connectivity index (χ3n) is 4.95. The van der Waals surface area contributed by atoms with Crippen molar-refractivity contribution in [3.8, 4) is 5.75 Å². The summed E-state index contributed by atoms with van der Waals surface area (Å²) >= 11 is 0. The normalized spacial score (nSPS) is 21.4. The summed E-state index contributed by atoms with van der Waals surface area (Å²) < 4.78 is 11.7. The van der Waals surface area contributed by atoms with Gasteiger partial charge in [0, 0.05) is 36.4 Å². The molecule has 0 aromatic heterocycles.